The van der Waals surface area contributed by atoms with E-state index >= 15 is 0 Å². The van der Waals surface area contributed by atoms with Crippen molar-refractivity contribution in [1.29, 1.82) is 0 Å². The minimum Gasteiger partial charge on any atom is -0.361 e. The molecule has 28 heavy (non-hydrogen) atoms. The van der Waals surface area contributed by atoms with Crippen molar-refractivity contribution < 1.29 is 4.39 Å². The number of aromatic amines is 1. The fourth-order valence-corrected chi connectivity index (χ4v) is 3.88. The number of halogens is 2. The maximum Gasteiger partial charge on any atom is 0.159 e. The summed E-state index contributed by atoms with van der Waals surface area (Å²) in [6.07, 6.45) is 4.82. The Bertz CT molecular complexity index is 1150. The van der Waals surface area contributed by atoms with Gasteiger partial charge in [-0.1, -0.05) is 11.6 Å². The molecule has 0 atom stereocenters. The van der Waals surface area contributed by atoms with E-state index in [0.29, 0.717) is 10.8 Å². The normalized spacial score (nSPS) is 14.4. The van der Waals surface area contributed by atoms with Gasteiger partial charge >= 0.3 is 0 Å². The average molecular weight is 393 g/mol. The first-order chi connectivity index (χ1) is 13.7. The van der Waals surface area contributed by atoms with E-state index in [1.54, 1.807) is 12.1 Å². The van der Waals surface area contributed by atoms with Gasteiger partial charge in [-0.05, 0) is 60.0 Å². The van der Waals surface area contributed by atoms with Crippen LogP contribution >= 0.6 is 11.6 Å². The molecule has 0 saturated heterocycles. The number of H-pyrrole nitrogens is 1. The summed E-state index contributed by atoms with van der Waals surface area (Å²) in [5, 5.41) is 1.64. The van der Waals surface area contributed by atoms with Crippen molar-refractivity contribution >= 4 is 22.5 Å². The van der Waals surface area contributed by atoms with Gasteiger partial charge in [0.1, 0.15) is 5.82 Å². The van der Waals surface area contributed by atoms with Crippen LogP contribution in [0, 0.1) is 5.82 Å². The predicted octanol–water partition coefficient (Wildman–Crippen LogP) is 4.98. The molecule has 0 unspecified atom stereocenters. The van der Waals surface area contributed by atoms with Crippen LogP contribution < -0.4 is 0 Å². The molecule has 5 rings (SSSR count). The molecular weight excluding hydrogens is 375 g/mol. The van der Waals surface area contributed by atoms with Crippen molar-refractivity contribution in [1.82, 2.24) is 19.9 Å². The second kappa shape index (κ2) is 7.00. The van der Waals surface area contributed by atoms with E-state index in [1.807, 2.05) is 36.7 Å². The summed E-state index contributed by atoms with van der Waals surface area (Å²) in [5.41, 5.74) is 5.26. The Labute approximate surface area is 167 Å². The van der Waals surface area contributed by atoms with Crippen molar-refractivity contribution in [2.75, 3.05) is 6.54 Å². The lowest BCUT2D eigenvalue weighted by molar-refractivity contribution is 0.242. The maximum absolute atomic E-state index is 13.6. The van der Waals surface area contributed by atoms with Gasteiger partial charge in [0.15, 0.2) is 5.82 Å². The van der Waals surface area contributed by atoms with Gasteiger partial charge in [-0.3, -0.25) is 4.90 Å². The zero-order chi connectivity index (χ0) is 19.1. The fourth-order valence-electron chi connectivity index (χ4n) is 3.75. The molecule has 0 amide bonds. The highest BCUT2D eigenvalue weighted by Crippen LogP contribution is 2.25. The number of hydrogen-bond donors (Lipinski definition) is 1. The minimum atomic E-state index is -0.210. The van der Waals surface area contributed by atoms with Crippen molar-refractivity contribution in [2.24, 2.45) is 0 Å². The van der Waals surface area contributed by atoms with Gasteiger partial charge < -0.3 is 4.98 Å². The van der Waals surface area contributed by atoms with Gasteiger partial charge in [-0.25, -0.2) is 14.4 Å². The maximum atomic E-state index is 13.6. The van der Waals surface area contributed by atoms with Crippen LogP contribution in [0.25, 0.3) is 22.3 Å². The molecule has 4 aromatic rings. The molecule has 0 fully saturated rings. The lowest BCUT2D eigenvalue weighted by atomic mass is 10.1. The Morgan fingerprint density at radius 2 is 2.00 bits per heavy atom. The van der Waals surface area contributed by atoms with E-state index in [0.717, 1.165) is 53.8 Å². The van der Waals surface area contributed by atoms with Gasteiger partial charge in [0.05, 0.1) is 5.69 Å². The van der Waals surface area contributed by atoms with E-state index in [-0.39, 0.29) is 5.82 Å². The Morgan fingerprint density at radius 1 is 1.14 bits per heavy atom. The van der Waals surface area contributed by atoms with Crippen molar-refractivity contribution in [3.8, 4) is 11.4 Å². The lowest BCUT2D eigenvalue weighted by Crippen LogP contribution is -2.31. The predicted molar refractivity (Wildman–Crippen MR) is 109 cm³/mol. The Morgan fingerprint density at radius 3 is 2.86 bits per heavy atom. The van der Waals surface area contributed by atoms with E-state index in [9.17, 15) is 4.39 Å². The quantitative estimate of drug-likeness (QED) is 0.535. The third kappa shape index (κ3) is 3.28. The van der Waals surface area contributed by atoms with Gasteiger partial charge in [-0.2, -0.15) is 0 Å². The Kier molecular flexibility index (Phi) is 4.34. The Balaban J connectivity index is 1.40. The molecule has 140 valence electrons. The number of fused-ring (bicyclic) bond motifs is 2. The van der Waals surface area contributed by atoms with Crippen LogP contribution in [0.5, 0.6) is 0 Å². The number of benzene rings is 2. The standard InChI is InChI=1S/C22H18ClFN4/c23-17-3-1-14(2-4-17)22-26-10-15-7-8-28(13-21(15)27-22)12-16-11-25-20-6-5-18(24)9-19(16)20/h1-6,9-11,25H,7-8,12-13H2. The summed E-state index contributed by atoms with van der Waals surface area (Å²) in [4.78, 5) is 14.9. The van der Waals surface area contributed by atoms with Gasteiger partial charge in [-0.15, -0.1) is 0 Å². The Hall–Kier alpha value is -2.76. The molecule has 2 aromatic heterocycles. The first kappa shape index (κ1) is 17.3. The second-order valence-electron chi connectivity index (χ2n) is 7.14. The zero-order valence-corrected chi connectivity index (χ0v) is 15.9. The van der Waals surface area contributed by atoms with Gasteiger partial charge in [0.2, 0.25) is 0 Å². The zero-order valence-electron chi connectivity index (χ0n) is 15.1. The third-order valence-electron chi connectivity index (χ3n) is 5.25. The summed E-state index contributed by atoms with van der Waals surface area (Å²) >= 11 is 5.98. The van der Waals surface area contributed by atoms with E-state index < -0.39 is 0 Å². The highest BCUT2D eigenvalue weighted by molar-refractivity contribution is 6.30. The van der Waals surface area contributed by atoms with Crippen LogP contribution in [0.1, 0.15) is 16.8 Å². The van der Waals surface area contributed by atoms with Crippen LogP contribution in [0.2, 0.25) is 5.02 Å². The van der Waals surface area contributed by atoms with E-state index in [1.165, 1.54) is 11.6 Å². The lowest BCUT2D eigenvalue weighted by Gasteiger charge is -2.27. The van der Waals surface area contributed by atoms with Crippen LogP contribution in [0.15, 0.2) is 54.9 Å². The number of aromatic nitrogens is 3. The summed E-state index contributed by atoms with van der Waals surface area (Å²) in [5.74, 6) is 0.504. The van der Waals surface area contributed by atoms with Crippen molar-refractivity contribution in [3.05, 3.63) is 82.5 Å². The first-order valence-electron chi connectivity index (χ1n) is 9.24. The molecule has 1 N–H and O–H groups in total. The van der Waals surface area contributed by atoms with Crippen LogP contribution in [-0.2, 0) is 19.5 Å². The SMILES string of the molecule is Fc1ccc2[nH]cc(CN3CCc4cnc(-c5ccc(Cl)cc5)nc4C3)c2c1. The molecule has 0 saturated carbocycles. The number of hydrogen-bond acceptors (Lipinski definition) is 3. The molecule has 1 aliphatic heterocycles. The van der Waals surface area contributed by atoms with Crippen LogP contribution in [0.3, 0.4) is 0 Å². The summed E-state index contributed by atoms with van der Waals surface area (Å²) in [6.45, 7) is 2.43. The topological polar surface area (TPSA) is 44.8 Å². The highest BCUT2D eigenvalue weighted by atomic mass is 35.5. The largest absolute Gasteiger partial charge is 0.361 e. The van der Waals surface area contributed by atoms with E-state index in [4.69, 9.17) is 16.6 Å². The molecule has 0 spiro atoms. The fraction of sp³-hybridized carbons (Fsp3) is 0.182. The van der Waals surface area contributed by atoms with Crippen molar-refractivity contribution in [2.45, 2.75) is 19.5 Å². The molecule has 0 aliphatic carbocycles. The number of nitrogens with one attached hydrogen (secondary N) is 1. The van der Waals surface area contributed by atoms with Crippen LogP contribution in [0.4, 0.5) is 4.39 Å². The van der Waals surface area contributed by atoms with Crippen LogP contribution in [-0.4, -0.2) is 26.4 Å². The van der Waals surface area contributed by atoms with Gasteiger partial charge in [0.25, 0.3) is 0 Å². The summed E-state index contributed by atoms with van der Waals surface area (Å²) < 4.78 is 13.6. The first-order valence-corrected chi connectivity index (χ1v) is 9.62. The molecule has 0 radical (unpaired) electrons. The summed E-state index contributed by atoms with van der Waals surface area (Å²) in [7, 11) is 0. The molecule has 2 aromatic carbocycles. The molecule has 6 heteroatoms. The monoisotopic (exact) mass is 392 g/mol. The minimum absolute atomic E-state index is 0.210. The average Bonchev–Trinajstić information content (AvgIpc) is 3.10. The number of nitrogens with zero attached hydrogens (tertiary/aromatic N) is 3. The molecule has 4 nitrogen and oxygen atoms in total. The second-order valence-corrected chi connectivity index (χ2v) is 7.57. The molecular formula is C22H18ClFN4. The molecule has 3 heterocycles. The highest BCUT2D eigenvalue weighted by Gasteiger charge is 2.20. The summed E-state index contributed by atoms with van der Waals surface area (Å²) in [6, 6.07) is 12.4. The van der Waals surface area contributed by atoms with Crippen molar-refractivity contribution in [3.63, 3.8) is 0 Å². The molecule has 0 bridgehead atoms. The molecule has 1 aliphatic rings. The third-order valence-corrected chi connectivity index (χ3v) is 5.50. The number of rotatable bonds is 3. The van der Waals surface area contributed by atoms with Gasteiger partial charge in [0, 0.05) is 53.5 Å². The van der Waals surface area contributed by atoms with E-state index in [2.05, 4.69) is 14.9 Å². The smallest absolute Gasteiger partial charge is 0.159 e.